The van der Waals surface area contributed by atoms with Crippen molar-refractivity contribution in [2.24, 2.45) is 22.3 Å². The second-order valence-corrected chi connectivity index (χ2v) is 9.17. The van der Waals surface area contributed by atoms with E-state index in [1.165, 1.54) is 0 Å². The molecule has 0 aliphatic carbocycles. The first-order valence-electron chi connectivity index (χ1n) is 10.5. The van der Waals surface area contributed by atoms with E-state index in [-0.39, 0.29) is 30.4 Å². The Bertz CT molecular complexity index is 682. The number of carbonyl (C=O) groups is 4. The molecular weight excluding hydrogens is 456 g/mol. The van der Waals surface area contributed by atoms with E-state index in [9.17, 15) is 19.2 Å². The Balaban J connectivity index is 0.000000227. The Morgan fingerprint density at radius 3 is 1.03 bits per heavy atom. The Morgan fingerprint density at radius 2 is 0.971 bits per heavy atom. The van der Waals surface area contributed by atoms with Gasteiger partial charge in [-0.1, -0.05) is 0 Å². The smallest absolute Gasteiger partial charge is 0.328 e. The number of amides is 2. The normalized spacial score (nSPS) is 23.2. The summed E-state index contributed by atoms with van der Waals surface area (Å²) >= 11 is 0. The molecule has 0 aromatic carbocycles. The molecule has 4 rings (SSSR count). The molecule has 0 bridgehead atoms. The lowest BCUT2D eigenvalue weighted by atomic mass is 9.88. The number of rotatable bonds is 4. The van der Waals surface area contributed by atoms with E-state index in [1.54, 1.807) is 21.0 Å². The number of nitrogens with two attached hydrogens (primary N) is 2. The minimum Gasteiger partial charge on any atom is -0.481 e. The van der Waals surface area contributed by atoms with Crippen molar-refractivity contribution in [3.63, 3.8) is 0 Å². The van der Waals surface area contributed by atoms with Crippen LogP contribution < -0.4 is 22.1 Å². The van der Waals surface area contributed by atoms with Crippen LogP contribution in [0.5, 0.6) is 0 Å². The second kappa shape index (κ2) is 11.9. The van der Waals surface area contributed by atoms with Gasteiger partial charge in [-0.05, 0) is 13.8 Å². The molecule has 2 amide bonds. The average molecular weight is 493 g/mol. The molecule has 4 aliphatic heterocycles. The fourth-order valence-corrected chi connectivity index (χ4v) is 2.52. The highest BCUT2D eigenvalue weighted by Crippen LogP contribution is 2.26. The number of aliphatic carboxylic acids is 2. The molecule has 0 saturated carbocycles. The topological polar surface area (TPSA) is 222 Å². The predicted octanol–water partition coefficient (Wildman–Crippen LogP) is -2.86. The summed E-state index contributed by atoms with van der Waals surface area (Å²) in [4.78, 5) is 42.0. The molecule has 4 aliphatic rings. The second-order valence-electron chi connectivity index (χ2n) is 9.17. The van der Waals surface area contributed by atoms with Gasteiger partial charge >= 0.3 is 11.9 Å². The third-order valence-electron chi connectivity index (χ3n) is 5.52. The van der Waals surface area contributed by atoms with Crippen molar-refractivity contribution in [1.82, 2.24) is 10.6 Å². The highest BCUT2D eigenvalue weighted by atomic mass is 16.5. The molecule has 0 atom stereocenters. The number of carboxylic acid groups (broad SMARTS) is 2. The van der Waals surface area contributed by atoms with E-state index in [0.29, 0.717) is 39.6 Å². The van der Waals surface area contributed by atoms with Gasteiger partial charge < -0.3 is 51.3 Å². The van der Waals surface area contributed by atoms with E-state index < -0.39 is 28.4 Å². The van der Waals surface area contributed by atoms with Gasteiger partial charge in [0.05, 0.1) is 58.3 Å². The fraction of sp³-hybridized carbons (Fsp3) is 0.800. The standard InChI is InChI=1S/C6H11NO2.C5H10N2O2.C5H8O3.C4H7NO3/c1-6(3-9-4-6)5(8)7-2;1-7-4(8)5(6)2-9-3-5;1-5(4(6)7)2-8-3-5;5-4(3(6)7)1-8-2-4/h3-4H2,1-2H3,(H,7,8);2-3,6H2,1H3,(H,7,8);2-3H2,1H3,(H,6,7);1-2,5H2,(H,6,7). The van der Waals surface area contributed by atoms with Crippen molar-refractivity contribution in [3.8, 4) is 0 Å². The Morgan fingerprint density at radius 1 is 0.618 bits per heavy atom. The summed E-state index contributed by atoms with van der Waals surface area (Å²) in [7, 11) is 3.21. The van der Waals surface area contributed by atoms with Gasteiger partial charge in [-0.2, -0.15) is 0 Å². The van der Waals surface area contributed by atoms with Crippen LogP contribution in [0.25, 0.3) is 0 Å². The van der Waals surface area contributed by atoms with Crippen LogP contribution in [0.1, 0.15) is 13.8 Å². The predicted molar refractivity (Wildman–Crippen MR) is 117 cm³/mol. The molecule has 4 saturated heterocycles. The lowest BCUT2D eigenvalue weighted by molar-refractivity contribution is -0.175. The van der Waals surface area contributed by atoms with Gasteiger partial charge in [-0.15, -0.1) is 0 Å². The number of ether oxygens (including phenoxy) is 4. The van der Waals surface area contributed by atoms with E-state index in [2.05, 4.69) is 15.4 Å². The molecule has 14 heteroatoms. The first-order chi connectivity index (χ1) is 15.7. The molecular formula is C20H36N4O10. The SMILES string of the molecule is CC1(C(=O)O)COC1.CNC(=O)C1(C)COC1.CNC(=O)C1(N)COC1.NC1(C(=O)O)COC1. The van der Waals surface area contributed by atoms with Crippen molar-refractivity contribution in [1.29, 1.82) is 0 Å². The van der Waals surface area contributed by atoms with E-state index >= 15 is 0 Å². The minimum atomic E-state index is -1.08. The molecule has 0 aromatic heterocycles. The number of hydrogen-bond acceptors (Lipinski definition) is 10. The number of nitrogens with one attached hydrogen (secondary N) is 2. The van der Waals surface area contributed by atoms with Crippen molar-refractivity contribution >= 4 is 23.8 Å². The Labute approximate surface area is 197 Å². The third-order valence-corrected chi connectivity index (χ3v) is 5.52. The van der Waals surface area contributed by atoms with Crippen LogP contribution in [0.15, 0.2) is 0 Å². The lowest BCUT2D eigenvalue weighted by Gasteiger charge is -2.35. The van der Waals surface area contributed by atoms with E-state index in [0.717, 1.165) is 0 Å². The highest BCUT2D eigenvalue weighted by Gasteiger charge is 2.43. The van der Waals surface area contributed by atoms with Crippen molar-refractivity contribution in [2.75, 3.05) is 67.0 Å². The molecule has 0 spiro atoms. The van der Waals surface area contributed by atoms with Gasteiger partial charge in [0.15, 0.2) is 5.54 Å². The zero-order valence-corrected chi connectivity index (χ0v) is 20.0. The molecule has 0 aromatic rings. The maximum atomic E-state index is 10.9. The number of carbonyl (C=O) groups excluding carboxylic acids is 2. The number of hydrogen-bond donors (Lipinski definition) is 6. The quantitative estimate of drug-likeness (QED) is 0.233. The first kappa shape index (κ1) is 29.7. The molecule has 0 unspecified atom stereocenters. The summed E-state index contributed by atoms with van der Waals surface area (Å²) in [6.45, 7) is 6.39. The van der Waals surface area contributed by atoms with Gasteiger partial charge in [0.25, 0.3) is 0 Å². The maximum absolute atomic E-state index is 10.9. The van der Waals surface area contributed by atoms with Gasteiger partial charge in [0, 0.05) is 14.1 Å². The highest BCUT2D eigenvalue weighted by molar-refractivity contribution is 5.87. The van der Waals surface area contributed by atoms with Gasteiger partial charge in [-0.25, -0.2) is 0 Å². The monoisotopic (exact) mass is 492 g/mol. The summed E-state index contributed by atoms with van der Waals surface area (Å²) in [5, 5.41) is 21.8. The van der Waals surface area contributed by atoms with Crippen LogP contribution in [-0.2, 0) is 38.1 Å². The van der Waals surface area contributed by atoms with Crippen LogP contribution in [0.4, 0.5) is 0 Å². The van der Waals surface area contributed by atoms with Crippen molar-refractivity contribution in [2.45, 2.75) is 24.9 Å². The third kappa shape index (κ3) is 7.32. The molecule has 4 heterocycles. The number of carboxylic acids is 2. The van der Waals surface area contributed by atoms with Gasteiger partial charge in [0.2, 0.25) is 11.8 Å². The van der Waals surface area contributed by atoms with Crippen LogP contribution in [-0.4, -0.2) is 112 Å². The summed E-state index contributed by atoms with van der Waals surface area (Å²) in [6.07, 6.45) is 0. The summed E-state index contributed by atoms with van der Waals surface area (Å²) in [5.41, 5.74) is 8.09. The Kier molecular flexibility index (Phi) is 10.4. The first-order valence-corrected chi connectivity index (χ1v) is 10.5. The largest absolute Gasteiger partial charge is 0.481 e. The van der Waals surface area contributed by atoms with E-state index in [1.807, 2.05) is 6.92 Å². The fourth-order valence-electron chi connectivity index (χ4n) is 2.52. The average Bonchev–Trinajstić information content (AvgIpc) is 2.72. The molecule has 4 fully saturated rings. The minimum absolute atomic E-state index is 0.0775. The Hall–Kier alpha value is -2.36. The molecule has 196 valence electrons. The molecule has 0 radical (unpaired) electrons. The maximum Gasteiger partial charge on any atom is 0.328 e. The van der Waals surface area contributed by atoms with E-state index in [4.69, 9.17) is 35.9 Å². The summed E-state index contributed by atoms with van der Waals surface area (Å²) in [6, 6.07) is 0. The lowest BCUT2D eigenvalue weighted by Crippen LogP contribution is -2.66. The molecule has 34 heavy (non-hydrogen) atoms. The summed E-state index contributed by atoms with van der Waals surface area (Å²) in [5.74, 6) is -1.81. The zero-order valence-electron chi connectivity index (χ0n) is 20.0. The zero-order chi connectivity index (χ0) is 26.2. The molecule has 8 N–H and O–H groups in total. The molecule has 14 nitrogen and oxygen atoms in total. The van der Waals surface area contributed by atoms with Crippen molar-refractivity contribution in [3.05, 3.63) is 0 Å². The number of likely N-dealkylation sites (N-methyl/N-ethyl adjacent to an activating group) is 1. The summed E-state index contributed by atoms with van der Waals surface area (Å²) < 4.78 is 19.0. The van der Waals surface area contributed by atoms with Crippen molar-refractivity contribution < 1.29 is 48.3 Å². The van der Waals surface area contributed by atoms with Crippen LogP contribution in [0.3, 0.4) is 0 Å². The van der Waals surface area contributed by atoms with Gasteiger partial charge in [0.1, 0.15) is 11.0 Å². The van der Waals surface area contributed by atoms with Crippen LogP contribution in [0, 0.1) is 10.8 Å². The van der Waals surface area contributed by atoms with Crippen LogP contribution >= 0.6 is 0 Å². The van der Waals surface area contributed by atoms with Crippen LogP contribution in [0.2, 0.25) is 0 Å². The van der Waals surface area contributed by atoms with Gasteiger partial charge in [-0.3, -0.25) is 19.2 Å².